The van der Waals surface area contributed by atoms with E-state index in [1.807, 2.05) is 12.1 Å². The molecule has 0 amide bonds. The number of benzene rings is 3. The maximum atomic E-state index is 9.20. The van der Waals surface area contributed by atoms with Gasteiger partial charge < -0.3 is 14.6 Å². The van der Waals surface area contributed by atoms with Gasteiger partial charge in [-0.25, -0.2) is 0 Å². The third-order valence-corrected chi connectivity index (χ3v) is 4.30. The lowest BCUT2D eigenvalue weighted by Gasteiger charge is -2.08. The molecule has 3 aromatic carbocycles. The summed E-state index contributed by atoms with van der Waals surface area (Å²) in [6, 6.07) is 24.2. The van der Waals surface area contributed by atoms with Gasteiger partial charge in [-0.15, -0.1) is 0 Å². The molecule has 4 rings (SSSR count). The minimum Gasteiger partial charge on any atom is -0.423 e. The second-order valence-corrected chi connectivity index (χ2v) is 5.74. The summed E-state index contributed by atoms with van der Waals surface area (Å²) in [6.45, 7) is 0.746. The lowest BCUT2D eigenvalue weighted by atomic mass is 9.80. The van der Waals surface area contributed by atoms with Crippen molar-refractivity contribution in [2.75, 3.05) is 0 Å². The van der Waals surface area contributed by atoms with Gasteiger partial charge >= 0.3 is 7.12 Å². The first-order chi connectivity index (χ1) is 11.2. The van der Waals surface area contributed by atoms with E-state index in [2.05, 4.69) is 53.1 Å². The van der Waals surface area contributed by atoms with Crippen LogP contribution in [0.5, 0.6) is 0 Å². The Morgan fingerprint density at radius 3 is 1.74 bits per heavy atom. The summed E-state index contributed by atoms with van der Waals surface area (Å²) >= 11 is 0. The maximum Gasteiger partial charge on any atom is 0.488 e. The molecule has 0 atom stereocenters. The van der Waals surface area contributed by atoms with E-state index in [0.717, 1.165) is 12.1 Å². The average Bonchev–Trinajstić information content (AvgIpc) is 2.90. The van der Waals surface area contributed by atoms with Crippen LogP contribution in [0.25, 0.3) is 21.8 Å². The van der Waals surface area contributed by atoms with E-state index in [4.69, 9.17) is 0 Å². The minimum absolute atomic E-state index is 0.510. The Balaban J connectivity index is 1.84. The zero-order valence-electron chi connectivity index (χ0n) is 12.6. The van der Waals surface area contributed by atoms with E-state index in [1.165, 1.54) is 21.8 Å². The molecular formula is C19H16BNO2. The predicted octanol–water partition coefficient (Wildman–Crippen LogP) is 2.52. The first kappa shape index (κ1) is 14.1. The molecule has 0 spiro atoms. The molecule has 23 heavy (non-hydrogen) atoms. The normalized spacial score (nSPS) is 11.2. The molecule has 0 aliphatic carbocycles. The van der Waals surface area contributed by atoms with Crippen molar-refractivity contribution in [2.45, 2.75) is 6.54 Å². The molecule has 1 aromatic heterocycles. The molecule has 4 aromatic rings. The summed E-state index contributed by atoms with van der Waals surface area (Å²) in [4.78, 5) is 0. The van der Waals surface area contributed by atoms with Crippen LogP contribution in [-0.2, 0) is 6.54 Å². The van der Waals surface area contributed by atoms with Crippen LogP contribution < -0.4 is 5.46 Å². The highest BCUT2D eigenvalue weighted by Crippen LogP contribution is 2.29. The molecule has 0 bridgehead atoms. The minimum atomic E-state index is -1.42. The summed E-state index contributed by atoms with van der Waals surface area (Å²) in [6.07, 6.45) is 0. The molecule has 0 saturated heterocycles. The van der Waals surface area contributed by atoms with Gasteiger partial charge in [-0.3, -0.25) is 0 Å². The highest BCUT2D eigenvalue weighted by atomic mass is 16.4. The van der Waals surface area contributed by atoms with Crippen LogP contribution in [0.2, 0.25) is 0 Å². The Morgan fingerprint density at radius 1 is 0.696 bits per heavy atom. The Hall–Kier alpha value is -2.56. The van der Waals surface area contributed by atoms with Gasteiger partial charge in [0.1, 0.15) is 0 Å². The molecule has 112 valence electrons. The Morgan fingerprint density at radius 2 is 1.22 bits per heavy atom. The monoisotopic (exact) mass is 301 g/mol. The van der Waals surface area contributed by atoms with Crippen molar-refractivity contribution in [3.8, 4) is 0 Å². The molecule has 0 unspecified atom stereocenters. The van der Waals surface area contributed by atoms with E-state index in [-0.39, 0.29) is 0 Å². The van der Waals surface area contributed by atoms with Gasteiger partial charge in [-0.05, 0) is 23.2 Å². The van der Waals surface area contributed by atoms with Crippen LogP contribution in [-0.4, -0.2) is 21.7 Å². The van der Waals surface area contributed by atoms with Crippen LogP contribution in [0.1, 0.15) is 5.56 Å². The van der Waals surface area contributed by atoms with Gasteiger partial charge in [0, 0.05) is 28.4 Å². The number of nitrogens with zero attached hydrogens (tertiary/aromatic N) is 1. The van der Waals surface area contributed by atoms with Gasteiger partial charge in [0.25, 0.3) is 0 Å². The zero-order valence-corrected chi connectivity index (χ0v) is 12.6. The summed E-state index contributed by atoms with van der Waals surface area (Å²) < 4.78 is 2.30. The quantitative estimate of drug-likeness (QED) is 0.571. The second kappa shape index (κ2) is 5.58. The fourth-order valence-electron chi connectivity index (χ4n) is 3.15. The van der Waals surface area contributed by atoms with Crippen LogP contribution in [0, 0.1) is 0 Å². The lowest BCUT2D eigenvalue weighted by molar-refractivity contribution is 0.426. The van der Waals surface area contributed by atoms with Gasteiger partial charge in [-0.2, -0.15) is 0 Å². The zero-order chi connectivity index (χ0) is 15.8. The number of para-hydroxylation sites is 2. The topological polar surface area (TPSA) is 45.4 Å². The van der Waals surface area contributed by atoms with E-state index in [0.29, 0.717) is 5.46 Å². The van der Waals surface area contributed by atoms with Crippen LogP contribution in [0.15, 0.2) is 72.8 Å². The van der Waals surface area contributed by atoms with Gasteiger partial charge in [0.15, 0.2) is 0 Å². The van der Waals surface area contributed by atoms with Crippen molar-refractivity contribution in [3.05, 3.63) is 78.4 Å². The summed E-state index contributed by atoms with van der Waals surface area (Å²) in [5, 5.41) is 20.9. The van der Waals surface area contributed by atoms with Gasteiger partial charge in [0.2, 0.25) is 0 Å². The largest absolute Gasteiger partial charge is 0.488 e. The lowest BCUT2D eigenvalue weighted by Crippen LogP contribution is -2.29. The fraction of sp³-hybridized carbons (Fsp3) is 0.0526. The number of hydrogen-bond donors (Lipinski definition) is 2. The molecule has 4 heteroatoms. The fourth-order valence-corrected chi connectivity index (χ4v) is 3.15. The smallest absolute Gasteiger partial charge is 0.423 e. The third kappa shape index (κ3) is 2.42. The van der Waals surface area contributed by atoms with Crippen molar-refractivity contribution < 1.29 is 10.0 Å². The molecule has 0 radical (unpaired) electrons. The van der Waals surface area contributed by atoms with Crippen LogP contribution >= 0.6 is 0 Å². The number of rotatable bonds is 3. The van der Waals surface area contributed by atoms with Crippen molar-refractivity contribution in [1.82, 2.24) is 4.57 Å². The molecule has 0 fully saturated rings. The Labute approximate surface area is 134 Å². The van der Waals surface area contributed by atoms with Crippen molar-refractivity contribution in [1.29, 1.82) is 0 Å². The highest BCUT2D eigenvalue weighted by molar-refractivity contribution is 6.58. The molecule has 0 saturated carbocycles. The maximum absolute atomic E-state index is 9.20. The average molecular weight is 301 g/mol. The number of hydrogen-bond acceptors (Lipinski definition) is 2. The first-order valence-electron chi connectivity index (χ1n) is 7.65. The molecule has 1 heterocycles. The van der Waals surface area contributed by atoms with Gasteiger partial charge in [-0.1, -0.05) is 60.7 Å². The van der Waals surface area contributed by atoms with Gasteiger partial charge in [0.05, 0.1) is 0 Å². The summed E-state index contributed by atoms with van der Waals surface area (Å²) in [5.74, 6) is 0. The highest BCUT2D eigenvalue weighted by Gasteiger charge is 2.12. The van der Waals surface area contributed by atoms with E-state index in [9.17, 15) is 10.0 Å². The molecule has 0 aliphatic heterocycles. The molecule has 3 nitrogen and oxygen atoms in total. The molecular weight excluding hydrogens is 285 g/mol. The Kier molecular flexibility index (Phi) is 3.41. The second-order valence-electron chi connectivity index (χ2n) is 5.74. The van der Waals surface area contributed by atoms with E-state index < -0.39 is 7.12 Å². The SMILES string of the molecule is OB(O)c1ccc(Cn2c3ccccc3c3ccccc32)cc1. The molecule has 2 N–H and O–H groups in total. The van der Waals surface area contributed by atoms with Crippen LogP contribution in [0.3, 0.4) is 0 Å². The Bertz CT molecular complexity index is 920. The first-order valence-corrected chi connectivity index (χ1v) is 7.65. The summed E-state index contributed by atoms with van der Waals surface area (Å²) in [7, 11) is -1.42. The van der Waals surface area contributed by atoms with E-state index >= 15 is 0 Å². The van der Waals surface area contributed by atoms with Crippen molar-refractivity contribution >= 4 is 34.4 Å². The summed E-state index contributed by atoms with van der Waals surface area (Å²) in [5.41, 5.74) is 4.05. The van der Waals surface area contributed by atoms with Crippen LogP contribution in [0.4, 0.5) is 0 Å². The standard InChI is InChI=1S/C19H16BNO2/c22-20(23)15-11-9-14(10-12-15)13-21-18-7-3-1-5-16(18)17-6-2-4-8-19(17)21/h1-12,22-23H,13H2. The van der Waals surface area contributed by atoms with Crippen molar-refractivity contribution in [3.63, 3.8) is 0 Å². The van der Waals surface area contributed by atoms with E-state index in [1.54, 1.807) is 12.1 Å². The molecule has 0 aliphatic rings. The number of aromatic nitrogens is 1. The third-order valence-electron chi connectivity index (χ3n) is 4.30. The predicted molar refractivity (Wildman–Crippen MR) is 94.8 cm³/mol. The number of fused-ring (bicyclic) bond motifs is 3. The van der Waals surface area contributed by atoms with Crippen molar-refractivity contribution in [2.24, 2.45) is 0 Å².